The van der Waals surface area contributed by atoms with Crippen LogP contribution in [0.5, 0.6) is 0 Å². The second-order valence-corrected chi connectivity index (χ2v) is 7.34. The molecule has 2 aromatic carbocycles. The lowest BCUT2D eigenvalue weighted by Gasteiger charge is -2.36. The van der Waals surface area contributed by atoms with E-state index in [4.69, 9.17) is 0 Å². The van der Waals surface area contributed by atoms with E-state index in [0.29, 0.717) is 19.6 Å². The summed E-state index contributed by atoms with van der Waals surface area (Å²) in [7, 11) is 0. The van der Waals surface area contributed by atoms with Gasteiger partial charge >= 0.3 is 0 Å². The van der Waals surface area contributed by atoms with Gasteiger partial charge in [-0.05, 0) is 48.7 Å². The molecule has 1 fully saturated rings. The fourth-order valence-corrected chi connectivity index (χ4v) is 3.97. The Labute approximate surface area is 170 Å². The van der Waals surface area contributed by atoms with Crippen molar-refractivity contribution in [2.45, 2.75) is 12.8 Å². The summed E-state index contributed by atoms with van der Waals surface area (Å²) in [6.07, 6.45) is 3.55. The van der Waals surface area contributed by atoms with E-state index in [0.717, 1.165) is 42.9 Å². The number of hydrogen-bond acceptors (Lipinski definition) is 4. The molecule has 148 valence electrons. The minimum Gasteiger partial charge on any atom is -0.373 e. The predicted molar refractivity (Wildman–Crippen MR) is 111 cm³/mol. The topological polar surface area (TPSA) is 50.6 Å². The van der Waals surface area contributed by atoms with Gasteiger partial charge in [0.2, 0.25) is 0 Å². The van der Waals surface area contributed by atoms with E-state index in [1.807, 2.05) is 29.2 Å². The summed E-state index contributed by atoms with van der Waals surface area (Å²) in [6, 6.07) is 16.5. The highest BCUT2D eigenvalue weighted by Crippen LogP contribution is 2.28. The highest BCUT2D eigenvalue weighted by atomic mass is 19.1. The van der Waals surface area contributed by atoms with Crippen LogP contribution in [0.15, 0.2) is 60.3 Å². The lowest BCUT2D eigenvalue weighted by Crippen LogP contribution is -2.44. The van der Waals surface area contributed by atoms with Crippen LogP contribution in [0, 0.1) is 17.1 Å². The van der Waals surface area contributed by atoms with Crippen LogP contribution in [0.1, 0.15) is 12.0 Å². The number of aryl methyl sites for hydroxylation is 1. The van der Waals surface area contributed by atoms with Gasteiger partial charge in [-0.25, -0.2) is 4.39 Å². The predicted octanol–water partition coefficient (Wildman–Crippen LogP) is 3.33. The van der Waals surface area contributed by atoms with Crippen molar-refractivity contribution in [3.05, 3.63) is 71.7 Å². The van der Waals surface area contributed by atoms with E-state index >= 15 is 0 Å². The number of carbonyl (C=O) groups is 1. The summed E-state index contributed by atoms with van der Waals surface area (Å²) in [6.45, 7) is 3.54. The van der Waals surface area contributed by atoms with Gasteiger partial charge < -0.3 is 14.7 Å². The summed E-state index contributed by atoms with van der Waals surface area (Å²) < 4.78 is 13.1. The summed E-state index contributed by atoms with van der Waals surface area (Å²) in [4.78, 5) is 19.0. The third-order valence-corrected chi connectivity index (χ3v) is 5.52. The van der Waals surface area contributed by atoms with Crippen LogP contribution in [0.25, 0.3) is 0 Å². The molecule has 0 spiro atoms. The number of amides is 1. The maximum Gasteiger partial charge on any atom is 0.270 e. The summed E-state index contributed by atoms with van der Waals surface area (Å²) in [5, 5.41) is 9.62. The van der Waals surface area contributed by atoms with Crippen molar-refractivity contribution >= 4 is 17.3 Å². The maximum absolute atomic E-state index is 13.1. The van der Waals surface area contributed by atoms with Gasteiger partial charge in [-0.15, -0.1) is 0 Å². The van der Waals surface area contributed by atoms with Crippen molar-refractivity contribution in [2.75, 3.05) is 42.5 Å². The molecule has 0 N–H and O–H groups in total. The molecule has 5 nitrogen and oxygen atoms in total. The average molecular weight is 390 g/mol. The first-order chi connectivity index (χ1) is 14.2. The first-order valence-corrected chi connectivity index (χ1v) is 9.92. The molecular weight excluding hydrogens is 367 g/mol. The Hall–Kier alpha value is -3.33. The molecule has 6 heteroatoms. The van der Waals surface area contributed by atoms with Crippen LogP contribution in [-0.2, 0) is 11.2 Å². The average Bonchev–Trinajstić information content (AvgIpc) is 2.77. The fourth-order valence-electron chi connectivity index (χ4n) is 3.97. The molecule has 0 bridgehead atoms. The molecule has 2 heterocycles. The number of nitriles is 1. The molecule has 0 atom stereocenters. The summed E-state index contributed by atoms with van der Waals surface area (Å²) in [5.74, 6) is -0.479. The molecule has 0 unspecified atom stereocenters. The normalized spacial score (nSPS) is 17.0. The largest absolute Gasteiger partial charge is 0.373 e. The van der Waals surface area contributed by atoms with E-state index in [1.165, 1.54) is 12.1 Å². The highest BCUT2D eigenvalue weighted by molar-refractivity contribution is 6.08. The standard InChI is InChI=1S/C23H23FN4O/c24-20-7-9-21(10-8-20)27-14-12-26(13-15-27)17-19(16-25)23(29)28-11-3-5-18-4-1-2-6-22(18)28/h1-2,4,6-10,17H,3,5,11-15H2/b19-17-. The van der Waals surface area contributed by atoms with Crippen molar-refractivity contribution in [3.63, 3.8) is 0 Å². The molecular formula is C23H23FN4O. The minimum atomic E-state index is -0.244. The van der Waals surface area contributed by atoms with Gasteiger partial charge in [0.25, 0.3) is 5.91 Å². The maximum atomic E-state index is 13.1. The smallest absolute Gasteiger partial charge is 0.270 e. The number of halogens is 1. The quantitative estimate of drug-likeness (QED) is 0.596. The first-order valence-electron chi connectivity index (χ1n) is 9.92. The van der Waals surface area contributed by atoms with Gasteiger partial charge in [0.15, 0.2) is 0 Å². The molecule has 2 aliphatic rings. The molecule has 0 saturated carbocycles. The zero-order valence-electron chi connectivity index (χ0n) is 16.2. The van der Waals surface area contributed by atoms with Crippen molar-refractivity contribution in [1.29, 1.82) is 5.26 Å². The molecule has 1 amide bonds. The Bertz CT molecular complexity index is 956. The number of benzene rings is 2. The van der Waals surface area contributed by atoms with Crippen LogP contribution in [0.2, 0.25) is 0 Å². The molecule has 29 heavy (non-hydrogen) atoms. The fraction of sp³-hybridized carbons (Fsp3) is 0.304. The first kappa shape index (κ1) is 19.0. The molecule has 0 radical (unpaired) electrons. The van der Waals surface area contributed by atoms with Crippen molar-refractivity contribution in [2.24, 2.45) is 0 Å². The van der Waals surface area contributed by atoms with E-state index < -0.39 is 0 Å². The van der Waals surface area contributed by atoms with E-state index in [-0.39, 0.29) is 17.3 Å². The number of hydrogen-bond donors (Lipinski definition) is 0. The highest BCUT2D eigenvalue weighted by Gasteiger charge is 2.26. The molecule has 0 aromatic heterocycles. The van der Waals surface area contributed by atoms with E-state index in [2.05, 4.69) is 11.0 Å². The lowest BCUT2D eigenvalue weighted by molar-refractivity contribution is -0.114. The van der Waals surface area contributed by atoms with Gasteiger partial charge in [-0.3, -0.25) is 4.79 Å². The van der Waals surface area contributed by atoms with Crippen LogP contribution >= 0.6 is 0 Å². The summed E-state index contributed by atoms with van der Waals surface area (Å²) >= 11 is 0. The number of anilines is 2. The zero-order valence-corrected chi connectivity index (χ0v) is 16.2. The number of carbonyl (C=O) groups excluding carboxylic acids is 1. The van der Waals surface area contributed by atoms with Crippen LogP contribution < -0.4 is 9.80 Å². The Balaban J connectivity index is 1.44. The summed E-state index contributed by atoms with van der Waals surface area (Å²) in [5.41, 5.74) is 3.21. The van der Waals surface area contributed by atoms with Gasteiger partial charge in [0, 0.05) is 50.3 Å². The van der Waals surface area contributed by atoms with Gasteiger partial charge in [-0.1, -0.05) is 18.2 Å². The second-order valence-electron chi connectivity index (χ2n) is 7.34. The van der Waals surface area contributed by atoms with E-state index in [9.17, 15) is 14.4 Å². The van der Waals surface area contributed by atoms with Crippen LogP contribution in [0.4, 0.5) is 15.8 Å². The van der Waals surface area contributed by atoms with Gasteiger partial charge in [-0.2, -0.15) is 5.26 Å². The molecule has 1 saturated heterocycles. The Morgan fingerprint density at radius 3 is 2.45 bits per heavy atom. The Morgan fingerprint density at radius 1 is 1.00 bits per heavy atom. The zero-order chi connectivity index (χ0) is 20.2. The van der Waals surface area contributed by atoms with Crippen LogP contribution in [0.3, 0.4) is 0 Å². The van der Waals surface area contributed by atoms with Crippen molar-refractivity contribution < 1.29 is 9.18 Å². The SMILES string of the molecule is N#C/C(=C/N1CCN(c2ccc(F)cc2)CC1)C(=O)N1CCCc2ccccc21. The third kappa shape index (κ3) is 4.09. The number of fused-ring (bicyclic) bond motifs is 1. The third-order valence-electron chi connectivity index (χ3n) is 5.52. The number of piperazine rings is 1. The monoisotopic (exact) mass is 390 g/mol. The van der Waals surface area contributed by atoms with Crippen molar-refractivity contribution in [3.8, 4) is 6.07 Å². The lowest BCUT2D eigenvalue weighted by atomic mass is 10.0. The number of para-hydroxylation sites is 1. The Kier molecular flexibility index (Phi) is 5.48. The molecule has 0 aliphatic carbocycles. The minimum absolute atomic E-state index is 0.164. The van der Waals surface area contributed by atoms with E-state index in [1.54, 1.807) is 23.2 Å². The molecule has 2 aliphatic heterocycles. The van der Waals surface area contributed by atoms with Gasteiger partial charge in [0.1, 0.15) is 17.5 Å². The van der Waals surface area contributed by atoms with Crippen LogP contribution in [-0.4, -0.2) is 43.5 Å². The Morgan fingerprint density at radius 2 is 1.72 bits per heavy atom. The molecule has 2 aromatic rings. The van der Waals surface area contributed by atoms with Gasteiger partial charge in [0.05, 0.1) is 0 Å². The second kappa shape index (κ2) is 8.36. The number of nitrogens with zero attached hydrogens (tertiary/aromatic N) is 4. The molecule has 4 rings (SSSR count). The number of rotatable bonds is 3. The van der Waals surface area contributed by atoms with Crippen molar-refractivity contribution in [1.82, 2.24) is 4.90 Å².